The summed E-state index contributed by atoms with van der Waals surface area (Å²) < 4.78 is 0. The summed E-state index contributed by atoms with van der Waals surface area (Å²) in [7, 11) is 0. The van der Waals surface area contributed by atoms with Crippen LogP contribution in [0.3, 0.4) is 0 Å². The fourth-order valence-electron chi connectivity index (χ4n) is 0.925. The van der Waals surface area contributed by atoms with Crippen molar-refractivity contribution >= 4 is 11.9 Å². The molecule has 0 fully saturated rings. The Hall–Kier alpha value is -0.559. The number of carboxylic acids is 2. The van der Waals surface area contributed by atoms with Gasteiger partial charge in [0.05, 0.1) is 11.9 Å². The first kappa shape index (κ1) is 16.9. The molecule has 1 aromatic carbocycles. The zero-order valence-electron chi connectivity index (χ0n) is 6.92. The van der Waals surface area contributed by atoms with E-state index >= 15 is 0 Å². The minimum atomic E-state index is -1.75. The minimum absolute atomic E-state index is 0. The molecular formula is C8H4Ag2O5. The number of benzene rings is 1. The van der Waals surface area contributed by atoms with E-state index in [4.69, 9.17) is 5.11 Å². The van der Waals surface area contributed by atoms with Gasteiger partial charge in [0.2, 0.25) is 0 Å². The number of hydrogen-bond donors (Lipinski definition) is 1. The van der Waals surface area contributed by atoms with Crippen molar-refractivity contribution in [2.75, 3.05) is 0 Å². The van der Waals surface area contributed by atoms with E-state index in [1.807, 2.05) is 0 Å². The number of carboxylic acid groups (broad SMARTS) is 2. The summed E-state index contributed by atoms with van der Waals surface area (Å²) in [5.74, 6) is -4.07. The molecule has 1 rings (SSSR count). The van der Waals surface area contributed by atoms with Gasteiger partial charge in [0.1, 0.15) is 5.75 Å². The third-order valence-corrected chi connectivity index (χ3v) is 1.47. The first-order valence-electron chi connectivity index (χ1n) is 3.28. The van der Waals surface area contributed by atoms with E-state index in [1.54, 1.807) is 0 Å². The summed E-state index contributed by atoms with van der Waals surface area (Å²) in [5, 5.41) is 29.7. The van der Waals surface area contributed by atoms with Crippen LogP contribution >= 0.6 is 0 Å². The Morgan fingerprint density at radius 3 is 1.93 bits per heavy atom. The topological polar surface area (TPSA) is 100 Å². The molecule has 0 aliphatic heterocycles. The smallest absolute Gasteiger partial charge is 0.545 e. The van der Waals surface area contributed by atoms with Crippen molar-refractivity contribution < 1.29 is 69.7 Å². The van der Waals surface area contributed by atoms with Crippen molar-refractivity contribution in [1.29, 1.82) is 0 Å². The van der Waals surface area contributed by atoms with Gasteiger partial charge in [-0.05, 0) is 6.07 Å². The zero-order chi connectivity index (χ0) is 10.0. The maximum absolute atomic E-state index is 10.4. The molecule has 0 saturated carbocycles. The van der Waals surface area contributed by atoms with Crippen LogP contribution in [0, 0.1) is 0 Å². The molecule has 0 heterocycles. The van der Waals surface area contributed by atoms with Crippen LogP contribution in [0.5, 0.6) is 5.75 Å². The van der Waals surface area contributed by atoms with Gasteiger partial charge in [-0.15, -0.1) is 0 Å². The van der Waals surface area contributed by atoms with Crippen LogP contribution in [0.25, 0.3) is 0 Å². The first-order chi connectivity index (χ1) is 6.04. The van der Waals surface area contributed by atoms with Crippen molar-refractivity contribution in [3.05, 3.63) is 29.3 Å². The van der Waals surface area contributed by atoms with Crippen molar-refractivity contribution in [1.82, 2.24) is 0 Å². The Morgan fingerprint density at radius 1 is 1.07 bits per heavy atom. The molecule has 0 aromatic heterocycles. The van der Waals surface area contributed by atoms with Crippen LogP contribution in [0.1, 0.15) is 20.7 Å². The normalized spacial score (nSPS) is 8.27. The molecule has 7 heteroatoms. The molecule has 1 aromatic rings. The quantitative estimate of drug-likeness (QED) is 0.590. The van der Waals surface area contributed by atoms with Gasteiger partial charge >= 0.3 is 44.8 Å². The number of rotatable bonds is 2. The van der Waals surface area contributed by atoms with E-state index in [2.05, 4.69) is 0 Å². The maximum Gasteiger partial charge on any atom is 1.00 e. The van der Waals surface area contributed by atoms with Crippen LogP contribution in [-0.4, -0.2) is 17.0 Å². The van der Waals surface area contributed by atoms with E-state index in [-0.39, 0.29) is 44.8 Å². The van der Waals surface area contributed by atoms with Gasteiger partial charge in [-0.25, -0.2) is 0 Å². The molecule has 88 valence electrons. The summed E-state index contributed by atoms with van der Waals surface area (Å²) in [5.41, 5.74) is -1.36. The molecule has 0 bridgehead atoms. The van der Waals surface area contributed by atoms with E-state index in [1.165, 1.54) is 6.07 Å². The molecule has 0 radical (unpaired) electrons. The molecule has 5 nitrogen and oxygen atoms in total. The average Bonchev–Trinajstić information content (AvgIpc) is 2.02. The second-order valence-corrected chi connectivity index (χ2v) is 2.27. The summed E-state index contributed by atoms with van der Waals surface area (Å²) in [6, 6.07) is 3.27. The van der Waals surface area contributed by atoms with Gasteiger partial charge in [0.15, 0.2) is 0 Å². The van der Waals surface area contributed by atoms with Crippen LogP contribution in [0.15, 0.2) is 18.2 Å². The van der Waals surface area contributed by atoms with Gasteiger partial charge in [0.25, 0.3) is 0 Å². The fourth-order valence-corrected chi connectivity index (χ4v) is 0.925. The third kappa shape index (κ3) is 3.83. The van der Waals surface area contributed by atoms with Crippen molar-refractivity contribution in [3.8, 4) is 5.75 Å². The molecule has 15 heavy (non-hydrogen) atoms. The van der Waals surface area contributed by atoms with Gasteiger partial charge in [-0.1, -0.05) is 12.1 Å². The number of carbonyl (C=O) groups excluding carboxylic acids is 2. The standard InChI is InChI=1S/C8H6O5.2Ag/c9-5-3-1-2-4(7(10)11)6(5)8(12)13;;/h1-3,9H,(H,10,11)(H,12,13);;/q;2*+1/p-2. The number of aromatic hydroxyl groups is 1. The second-order valence-electron chi connectivity index (χ2n) is 2.27. The number of carbonyl (C=O) groups is 2. The molecule has 0 unspecified atom stereocenters. The molecule has 0 aliphatic carbocycles. The monoisotopic (exact) mass is 394 g/mol. The van der Waals surface area contributed by atoms with Crippen LogP contribution in [-0.2, 0) is 44.8 Å². The molecule has 0 spiro atoms. The number of phenols is 1. The zero-order valence-corrected chi connectivity index (χ0v) is 9.88. The summed E-state index contributed by atoms with van der Waals surface area (Å²) in [4.78, 5) is 20.7. The Balaban J connectivity index is 0. The minimum Gasteiger partial charge on any atom is -0.545 e. The SMILES string of the molecule is O=C([O-])c1cccc(O)c1C(=O)[O-].[Ag+].[Ag+]. The summed E-state index contributed by atoms with van der Waals surface area (Å²) >= 11 is 0. The molecule has 0 atom stereocenters. The predicted octanol–water partition coefficient (Wildman–Crippen LogP) is -1.89. The fraction of sp³-hybridized carbons (Fsp3) is 0. The summed E-state index contributed by atoms with van der Waals surface area (Å²) in [6.45, 7) is 0. The Kier molecular flexibility index (Phi) is 7.68. The maximum atomic E-state index is 10.4. The van der Waals surface area contributed by atoms with Crippen LogP contribution in [0.4, 0.5) is 0 Å². The van der Waals surface area contributed by atoms with Gasteiger partial charge in [-0.2, -0.15) is 0 Å². The molecule has 0 saturated heterocycles. The molecule has 0 aliphatic rings. The third-order valence-electron chi connectivity index (χ3n) is 1.47. The molecular weight excluding hydrogens is 392 g/mol. The average molecular weight is 396 g/mol. The Morgan fingerprint density at radius 2 is 1.60 bits per heavy atom. The Bertz CT molecular complexity index is 377. The number of hydrogen-bond acceptors (Lipinski definition) is 5. The van der Waals surface area contributed by atoms with Gasteiger partial charge < -0.3 is 24.9 Å². The van der Waals surface area contributed by atoms with Crippen LogP contribution in [0.2, 0.25) is 0 Å². The largest absolute Gasteiger partial charge is 1.00 e. The summed E-state index contributed by atoms with van der Waals surface area (Å²) in [6.07, 6.45) is 0. The van der Waals surface area contributed by atoms with E-state index < -0.39 is 28.8 Å². The molecule has 1 N–H and O–H groups in total. The predicted molar refractivity (Wildman–Crippen MR) is 36.8 cm³/mol. The Labute approximate surface area is 116 Å². The van der Waals surface area contributed by atoms with E-state index in [0.717, 1.165) is 12.1 Å². The second kappa shape index (κ2) is 6.84. The van der Waals surface area contributed by atoms with Gasteiger partial charge in [0, 0.05) is 11.1 Å². The van der Waals surface area contributed by atoms with Crippen LogP contribution < -0.4 is 10.2 Å². The van der Waals surface area contributed by atoms with Crippen molar-refractivity contribution in [2.45, 2.75) is 0 Å². The van der Waals surface area contributed by atoms with E-state index in [0.29, 0.717) is 0 Å². The first-order valence-corrected chi connectivity index (χ1v) is 3.28. The van der Waals surface area contributed by atoms with E-state index in [9.17, 15) is 19.8 Å². The van der Waals surface area contributed by atoms with Gasteiger partial charge in [-0.3, -0.25) is 0 Å². The van der Waals surface area contributed by atoms with Crippen molar-refractivity contribution in [3.63, 3.8) is 0 Å². The van der Waals surface area contributed by atoms with Crippen molar-refractivity contribution in [2.24, 2.45) is 0 Å². The number of aromatic carboxylic acids is 2. The molecule has 0 amide bonds.